The molecule has 5 heteroatoms. The first-order valence-electron chi connectivity index (χ1n) is 11.8. The normalized spacial score (nSPS) is 10.7. The highest BCUT2D eigenvalue weighted by Gasteiger charge is 2.06. The number of aliphatic hydroxyl groups is 1. The van der Waals surface area contributed by atoms with Gasteiger partial charge in [0.05, 0.1) is 18.0 Å². The van der Waals surface area contributed by atoms with Gasteiger partial charge in [-0.1, -0.05) is 60.7 Å². The molecule has 36 heavy (non-hydrogen) atoms. The molecule has 2 aromatic heterocycles. The second-order valence-electron chi connectivity index (χ2n) is 8.37. The number of hydrogen-bond acceptors (Lipinski definition) is 5. The van der Waals surface area contributed by atoms with Crippen LogP contribution >= 0.6 is 0 Å². The molecule has 0 fully saturated rings. The van der Waals surface area contributed by atoms with Crippen LogP contribution in [0.2, 0.25) is 0 Å². The van der Waals surface area contributed by atoms with Crippen LogP contribution in [0.15, 0.2) is 116 Å². The van der Waals surface area contributed by atoms with Crippen molar-refractivity contribution in [2.24, 2.45) is 0 Å². The molecular weight excluding hydrogens is 448 g/mol. The molecule has 178 valence electrons. The Morgan fingerprint density at radius 3 is 1.39 bits per heavy atom. The van der Waals surface area contributed by atoms with Crippen LogP contribution in [0, 0.1) is 0 Å². The van der Waals surface area contributed by atoms with E-state index in [0.29, 0.717) is 24.7 Å². The maximum absolute atomic E-state index is 9.71. The van der Waals surface area contributed by atoms with E-state index in [-0.39, 0.29) is 6.61 Å². The number of benzene rings is 3. The number of pyridine rings is 2. The topological polar surface area (TPSA) is 64.5 Å². The average Bonchev–Trinajstić information content (AvgIpc) is 2.96. The first kappa shape index (κ1) is 23.3. The zero-order chi connectivity index (χ0) is 24.6. The Morgan fingerprint density at radius 2 is 1.00 bits per heavy atom. The van der Waals surface area contributed by atoms with Crippen molar-refractivity contribution in [1.82, 2.24) is 9.97 Å². The van der Waals surface area contributed by atoms with Gasteiger partial charge in [0.25, 0.3) is 0 Å². The molecule has 2 heterocycles. The summed E-state index contributed by atoms with van der Waals surface area (Å²) in [7, 11) is 0. The van der Waals surface area contributed by atoms with E-state index < -0.39 is 0 Å². The van der Waals surface area contributed by atoms with Gasteiger partial charge in [-0.3, -0.25) is 9.97 Å². The number of aliphatic hydroxyl groups excluding tert-OH is 1. The van der Waals surface area contributed by atoms with E-state index >= 15 is 0 Å². The third-order valence-electron chi connectivity index (χ3n) is 5.76. The molecule has 0 atom stereocenters. The number of aromatic nitrogens is 2. The van der Waals surface area contributed by atoms with Crippen molar-refractivity contribution in [3.63, 3.8) is 0 Å². The molecule has 0 amide bonds. The Bertz CT molecular complexity index is 1280. The zero-order valence-corrected chi connectivity index (χ0v) is 19.7. The maximum Gasteiger partial charge on any atom is 0.123 e. The first-order chi connectivity index (χ1) is 17.8. The number of rotatable bonds is 9. The van der Waals surface area contributed by atoms with Gasteiger partial charge in [-0.25, -0.2) is 0 Å². The molecule has 3 aromatic carbocycles. The van der Waals surface area contributed by atoms with E-state index in [1.165, 1.54) is 0 Å². The van der Waals surface area contributed by atoms with E-state index in [4.69, 9.17) is 9.47 Å². The van der Waals surface area contributed by atoms with Crippen molar-refractivity contribution in [3.05, 3.63) is 132 Å². The molecule has 0 spiro atoms. The largest absolute Gasteiger partial charge is 0.489 e. The van der Waals surface area contributed by atoms with Crippen molar-refractivity contribution in [2.45, 2.75) is 19.8 Å². The lowest BCUT2D eigenvalue weighted by molar-refractivity contribution is 0.271. The number of nitrogens with zero attached hydrogens (tertiary/aromatic N) is 2. The Hall–Kier alpha value is -4.48. The lowest BCUT2D eigenvalue weighted by atomic mass is 10.1. The summed E-state index contributed by atoms with van der Waals surface area (Å²) in [4.78, 5) is 8.77. The van der Waals surface area contributed by atoms with E-state index in [2.05, 4.69) is 9.97 Å². The Labute approximate surface area is 210 Å². The van der Waals surface area contributed by atoms with Gasteiger partial charge >= 0.3 is 0 Å². The molecule has 1 N–H and O–H groups in total. The van der Waals surface area contributed by atoms with Gasteiger partial charge in [0, 0.05) is 29.6 Å². The van der Waals surface area contributed by atoms with Crippen molar-refractivity contribution in [1.29, 1.82) is 0 Å². The Balaban J connectivity index is 1.21. The average molecular weight is 475 g/mol. The molecule has 5 aromatic rings. The lowest BCUT2D eigenvalue weighted by Crippen LogP contribution is -2.00. The minimum atomic E-state index is -0.0922. The first-order valence-corrected chi connectivity index (χ1v) is 11.8. The van der Waals surface area contributed by atoms with E-state index in [1.54, 1.807) is 12.4 Å². The molecule has 0 aliphatic rings. The van der Waals surface area contributed by atoms with Crippen LogP contribution in [0.5, 0.6) is 11.5 Å². The standard InChI is InChI=1S/C31H26N2O3/c34-20-25-17-28(35-21-23-7-11-26(12-8-23)30-5-1-3-15-32-30)19-29(18-25)36-22-24-9-13-27(14-10-24)31-6-2-4-16-33-31/h1-19,34H,20-22H2. The highest BCUT2D eigenvalue weighted by molar-refractivity contribution is 5.59. The number of hydrogen-bond donors (Lipinski definition) is 1. The molecule has 0 saturated heterocycles. The van der Waals surface area contributed by atoms with Crippen LogP contribution in [0.3, 0.4) is 0 Å². The summed E-state index contributed by atoms with van der Waals surface area (Å²) in [6.07, 6.45) is 3.58. The van der Waals surface area contributed by atoms with Crippen molar-refractivity contribution in [2.75, 3.05) is 0 Å². The molecule has 0 unspecified atom stereocenters. The lowest BCUT2D eigenvalue weighted by Gasteiger charge is -2.12. The fourth-order valence-electron chi connectivity index (χ4n) is 3.83. The van der Waals surface area contributed by atoms with Gasteiger partial charge in [-0.15, -0.1) is 0 Å². The second-order valence-corrected chi connectivity index (χ2v) is 8.37. The van der Waals surface area contributed by atoms with Gasteiger partial charge in [0.15, 0.2) is 0 Å². The van der Waals surface area contributed by atoms with E-state index in [0.717, 1.165) is 39.2 Å². The second kappa shape index (κ2) is 11.3. The summed E-state index contributed by atoms with van der Waals surface area (Å²) in [5, 5.41) is 9.71. The third kappa shape index (κ3) is 5.95. The van der Waals surface area contributed by atoms with Crippen LogP contribution in [0.4, 0.5) is 0 Å². The summed E-state index contributed by atoms with van der Waals surface area (Å²) in [5.74, 6) is 1.30. The zero-order valence-electron chi connectivity index (χ0n) is 19.7. The van der Waals surface area contributed by atoms with Crippen LogP contribution < -0.4 is 9.47 Å². The number of ether oxygens (including phenoxy) is 2. The predicted octanol–water partition coefficient (Wildman–Crippen LogP) is 6.46. The maximum atomic E-state index is 9.71. The Kier molecular flexibility index (Phi) is 7.30. The quantitative estimate of drug-likeness (QED) is 0.266. The van der Waals surface area contributed by atoms with Gasteiger partial charge in [0.2, 0.25) is 0 Å². The summed E-state index contributed by atoms with van der Waals surface area (Å²) in [6, 6.07) is 33.6. The fraction of sp³-hybridized carbons (Fsp3) is 0.0968. The molecule has 0 aliphatic heterocycles. The Morgan fingerprint density at radius 1 is 0.528 bits per heavy atom. The highest BCUT2D eigenvalue weighted by atomic mass is 16.5. The van der Waals surface area contributed by atoms with Crippen molar-refractivity contribution in [3.8, 4) is 34.0 Å². The monoisotopic (exact) mass is 474 g/mol. The molecule has 5 nitrogen and oxygen atoms in total. The molecule has 0 bridgehead atoms. The van der Waals surface area contributed by atoms with Crippen molar-refractivity contribution < 1.29 is 14.6 Å². The van der Waals surface area contributed by atoms with Gasteiger partial charge < -0.3 is 14.6 Å². The summed E-state index contributed by atoms with van der Waals surface area (Å²) in [5.41, 5.74) is 6.82. The molecular formula is C31H26N2O3. The van der Waals surface area contributed by atoms with Gasteiger partial charge in [0.1, 0.15) is 24.7 Å². The minimum absolute atomic E-state index is 0.0922. The van der Waals surface area contributed by atoms with Crippen LogP contribution in [-0.2, 0) is 19.8 Å². The van der Waals surface area contributed by atoms with Crippen LogP contribution in [0.1, 0.15) is 16.7 Å². The molecule has 0 radical (unpaired) electrons. The van der Waals surface area contributed by atoms with E-state index in [1.807, 2.05) is 103 Å². The third-order valence-corrected chi connectivity index (χ3v) is 5.76. The summed E-state index contributed by atoms with van der Waals surface area (Å²) in [6.45, 7) is 0.725. The fourth-order valence-corrected chi connectivity index (χ4v) is 3.83. The summed E-state index contributed by atoms with van der Waals surface area (Å²) < 4.78 is 12.0. The minimum Gasteiger partial charge on any atom is -0.489 e. The van der Waals surface area contributed by atoms with E-state index in [9.17, 15) is 5.11 Å². The molecule has 5 rings (SSSR count). The van der Waals surface area contributed by atoms with Crippen LogP contribution in [-0.4, -0.2) is 15.1 Å². The highest BCUT2D eigenvalue weighted by Crippen LogP contribution is 2.26. The SMILES string of the molecule is OCc1cc(OCc2ccc(-c3ccccn3)cc2)cc(OCc2ccc(-c3ccccn3)cc2)c1. The van der Waals surface area contributed by atoms with Gasteiger partial charge in [-0.2, -0.15) is 0 Å². The predicted molar refractivity (Wildman–Crippen MR) is 140 cm³/mol. The molecule has 0 saturated carbocycles. The smallest absolute Gasteiger partial charge is 0.123 e. The molecule has 0 aliphatic carbocycles. The van der Waals surface area contributed by atoms with Crippen molar-refractivity contribution >= 4 is 0 Å². The van der Waals surface area contributed by atoms with Gasteiger partial charge in [-0.05, 0) is 53.1 Å². The van der Waals surface area contributed by atoms with Crippen LogP contribution in [0.25, 0.3) is 22.5 Å². The summed E-state index contributed by atoms with van der Waals surface area (Å²) >= 11 is 0.